The van der Waals surface area contributed by atoms with Crippen LogP contribution < -0.4 is 9.47 Å². The fourth-order valence-corrected chi connectivity index (χ4v) is 1.05. The topological polar surface area (TPSA) is 23.4 Å². The summed E-state index contributed by atoms with van der Waals surface area (Å²) in [5.41, 5.74) is 0. The lowest BCUT2D eigenvalue weighted by Gasteiger charge is -2.13. The molecule has 2 heterocycles. The molecule has 0 radical (unpaired) electrons. The first-order chi connectivity index (χ1) is 4.86. The van der Waals surface area contributed by atoms with Gasteiger partial charge in [-0.05, 0) is 0 Å². The second-order valence-electron chi connectivity index (χ2n) is 2.35. The molecule has 1 aliphatic rings. The molecule has 0 aliphatic carbocycles. The molecule has 0 saturated carbocycles. The molecular weight excluding hydrogens is 130 g/mol. The zero-order valence-electron chi connectivity index (χ0n) is 5.83. The normalized spacial score (nSPS) is 15.3. The lowest BCUT2D eigenvalue weighted by molar-refractivity contribution is 0.173. The maximum Gasteiger partial charge on any atom is 0.179 e. The van der Waals surface area contributed by atoms with Gasteiger partial charge in [0.25, 0.3) is 0 Å². The molecule has 10 heavy (non-hydrogen) atoms. The van der Waals surface area contributed by atoms with Gasteiger partial charge < -0.3 is 14.0 Å². The van der Waals surface area contributed by atoms with Crippen molar-refractivity contribution in [2.45, 2.75) is 0 Å². The Balaban J connectivity index is 2.41. The van der Waals surface area contributed by atoms with E-state index in [0.717, 1.165) is 11.5 Å². The molecule has 54 valence electrons. The van der Waals surface area contributed by atoms with E-state index in [9.17, 15) is 0 Å². The third-order valence-electron chi connectivity index (χ3n) is 1.48. The van der Waals surface area contributed by atoms with E-state index < -0.39 is 0 Å². The number of rotatable bonds is 0. The molecule has 1 aromatic heterocycles. The van der Waals surface area contributed by atoms with Gasteiger partial charge in [-0.2, -0.15) is 0 Å². The minimum Gasteiger partial charge on any atom is -0.485 e. The van der Waals surface area contributed by atoms with Crippen molar-refractivity contribution >= 4 is 0 Å². The molecule has 2 rings (SSSR count). The Morgan fingerprint density at radius 1 is 1.20 bits per heavy atom. The molecule has 0 unspecified atom stereocenters. The standard InChI is InChI=1S/C7H9NO2/c1-8-4-6-7(5-8)10-3-2-9-6/h4-5H,2-3H2,1H3. The van der Waals surface area contributed by atoms with Gasteiger partial charge in [-0.3, -0.25) is 0 Å². The highest BCUT2D eigenvalue weighted by molar-refractivity contribution is 5.38. The van der Waals surface area contributed by atoms with Crippen molar-refractivity contribution in [1.29, 1.82) is 0 Å². The Bertz CT molecular complexity index is 218. The van der Waals surface area contributed by atoms with Gasteiger partial charge >= 0.3 is 0 Å². The Hall–Kier alpha value is -1.12. The Kier molecular flexibility index (Phi) is 1.09. The van der Waals surface area contributed by atoms with E-state index in [1.54, 1.807) is 0 Å². The van der Waals surface area contributed by atoms with E-state index in [0.29, 0.717) is 13.2 Å². The highest BCUT2D eigenvalue weighted by Crippen LogP contribution is 2.29. The Morgan fingerprint density at radius 2 is 1.70 bits per heavy atom. The minimum absolute atomic E-state index is 0.664. The summed E-state index contributed by atoms with van der Waals surface area (Å²) in [5, 5.41) is 0. The van der Waals surface area contributed by atoms with E-state index in [2.05, 4.69) is 0 Å². The van der Waals surface area contributed by atoms with Crippen molar-refractivity contribution in [2.24, 2.45) is 7.05 Å². The molecule has 0 spiro atoms. The lowest BCUT2D eigenvalue weighted by atomic mass is 10.5. The van der Waals surface area contributed by atoms with Crippen molar-refractivity contribution in [3.05, 3.63) is 12.4 Å². The Morgan fingerprint density at radius 3 is 2.20 bits per heavy atom. The van der Waals surface area contributed by atoms with Crippen LogP contribution in [0.25, 0.3) is 0 Å². The molecule has 0 atom stereocenters. The van der Waals surface area contributed by atoms with Gasteiger partial charge in [0.1, 0.15) is 13.2 Å². The fourth-order valence-electron chi connectivity index (χ4n) is 1.05. The van der Waals surface area contributed by atoms with Crippen LogP contribution in [0.4, 0.5) is 0 Å². The van der Waals surface area contributed by atoms with Crippen LogP contribution in [-0.4, -0.2) is 17.8 Å². The molecule has 0 fully saturated rings. The lowest BCUT2D eigenvalue weighted by Crippen LogP contribution is -2.13. The van der Waals surface area contributed by atoms with Crippen molar-refractivity contribution in [2.75, 3.05) is 13.2 Å². The van der Waals surface area contributed by atoms with Gasteiger partial charge in [0.05, 0.1) is 0 Å². The summed E-state index contributed by atoms with van der Waals surface area (Å²) in [4.78, 5) is 0. The van der Waals surface area contributed by atoms with Crippen LogP contribution >= 0.6 is 0 Å². The summed E-state index contributed by atoms with van der Waals surface area (Å²) >= 11 is 0. The predicted molar refractivity (Wildman–Crippen MR) is 36.4 cm³/mol. The second kappa shape index (κ2) is 1.94. The van der Waals surface area contributed by atoms with E-state index in [4.69, 9.17) is 9.47 Å². The van der Waals surface area contributed by atoms with E-state index in [-0.39, 0.29) is 0 Å². The van der Waals surface area contributed by atoms with Gasteiger partial charge in [0.2, 0.25) is 0 Å². The number of hydrogen-bond acceptors (Lipinski definition) is 2. The van der Waals surface area contributed by atoms with Gasteiger partial charge in [0, 0.05) is 19.4 Å². The van der Waals surface area contributed by atoms with Gasteiger partial charge in [-0.25, -0.2) is 0 Å². The summed E-state index contributed by atoms with van der Waals surface area (Å²) in [6.45, 7) is 1.33. The summed E-state index contributed by atoms with van der Waals surface area (Å²) in [6, 6.07) is 0. The van der Waals surface area contributed by atoms with Crippen LogP contribution in [0.2, 0.25) is 0 Å². The average Bonchev–Trinajstić information content (AvgIpc) is 2.27. The predicted octanol–water partition coefficient (Wildman–Crippen LogP) is 0.796. The zero-order valence-corrected chi connectivity index (χ0v) is 5.83. The van der Waals surface area contributed by atoms with Crippen molar-refractivity contribution < 1.29 is 9.47 Å². The maximum atomic E-state index is 5.30. The van der Waals surface area contributed by atoms with E-state index in [1.165, 1.54) is 0 Å². The van der Waals surface area contributed by atoms with Crippen molar-refractivity contribution in [1.82, 2.24) is 4.57 Å². The molecule has 0 N–H and O–H groups in total. The first-order valence-corrected chi connectivity index (χ1v) is 3.28. The van der Waals surface area contributed by atoms with Crippen LogP contribution in [0, 0.1) is 0 Å². The third-order valence-corrected chi connectivity index (χ3v) is 1.48. The number of aromatic nitrogens is 1. The number of fused-ring (bicyclic) bond motifs is 1. The first-order valence-electron chi connectivity index (χ1n) is 3.28. The molecule has 3 nitrogen and oxygen atoms in total. The van der Waals surface area contributed by atoms with E-state index in [1.807, 2.05) is 24.0 Å². The average molecular weight is 139 g/mol. The zero-order chi connectivity index (χ0) is 6.97. The molecule has 1 aliphatic heterocycles. The van der Waals surface area contributed by atoms with Gasteiger partial charge in [0.15, 0.2) is 11.5 Å². The van der Waals surface area contributed by atoms with Crippen LogP contribution in [0.5, 0.6) is 11.5 Å². The van der Waals surface area contributed by atoms with Gasteiger partial charge in [-0.1, -0.05) is 0 Å². The minimum atomic E-state index is 0.664. The van der Waals surface area contributed by atoms with Crippen molar-refractivity contribution in [3.63, 3.8) is 0 Å². The van der Waals surface area contributed by atoms with Crippen LogP contribution in [0.3, 0.4) is 0 Å². The monoisotopic (exact) mass is 139 g/mol. The van der Waals surface area contributed by atoms with Crippen LogP contribution in [-0.2, 0) is 7.05 Å². The quantitative estimate of drug-likeness (QED) is 0.530. The Labute approximate surface area is 59.2 Å². The summed E-state index contributed by atoms with van der Waals surface area (Å²) in [6.07, 6.45) is 3.82. The molecule has 3 heteroatoms. The van der Waals surface area contributed by atoms with E-state index >= 15 is 0 Å². The number of aryl methyl sites for hydroxylation is 1. The molecular formula is C7H9NO2. The maximum absolute atomic E-state index is 5.30. The van der Waals surface area contributed by atoms with Crippen LogP contribution in [0.1, 0.15) is 0 Å². The summed E-state index contributed by atoms with van der Waals surface area (Å²) < 4.78 is 12.5. The summed E-state index contributed by atoms with van der Waals surface area (Å²) in [7, 11) is 1.95. The molecule has 0 amide bonds. The SMILES string of the molecule is Cn1cc2c(c1)OCCO2. The first kappa shape index (κ1) is 5.65. The number of nitrogens with zero attached hydrogens (tertiary/aromatic N) is 1. The highest BCUT2D eigenvalue weighted by atomic mass is 16.6. The number of hydrogen-bond donors (Lipinski definition) is 0. The number of ether oxygens (including phenoxy) is 2. The second-order valence-corrected chi connectivity index (χ2v) is 2.35. The molecule has 1 aromatic rings. The highest BCUT2D eigenvalue weighted by Gasteiger charge is 2.11. The molecule has 0 saturated heterocycles. The van der Waals surface area contributed by atoms with Gasteiger partial charge in [-0.15, -0.1) is 0 Å². The summed E-state index contributed by atoms with van der Waals surface area (Å²) in [5.74, 6) is 1.71. The van der Waals surface area contributed by atoms with Crippen LogP contribution in [0.15, 0.2) is 12.4 Å². The van der Waals surface area contributed by atoms with Crippen molar-refractivity contribution in [3.8, 4) is 11.5 Å². The molecule has 0 aromatic carbocycles. The molecule has 0 bridgehead atoms. The largest absolute Gasteiger partial charge is 0.485 e. The third kappa shape index (κ3) is 0.744. The fraction of sp³-hybridized carbons (Fsp3) is 0.429. The smallest absolute Gasteiger partial charge is 0.179 e.